The predicted molar refractivity (Wildman–Crippen MR) is 476 cm³/mol. The first-order valence-electron chi connectivity index (χ1n) is 46.0. The molecule has 0 saturated carbocycles. The van der Waals surface area contributed by atoms with Crippen molar-refractivity contribution in [2.75, 3.05) is 9.80 Å². The summed E-state index contributed by atoms with van der Waals surface area (Å²) < 4.78 is 162. The number of anilines is 6. The van der Waals surface area contributed by atoms with Gasteiger partial charge in [0.15, 0.2) is 0 Å². The summed E-state index contributed by atoms with van der Waals surface area (Å²) in [6.45, 7) is 12.4. The molecular formula is C105H76BN7. The Morgan fingerprint density at radius 1 is 0.292 bits per heavy atom. The molecule has 0 atom stereocenters. The highest BCUT2D eigenvalue weighted by atomic mass is 15.2. The molecule has 2 aliphatic rings. The summed E-state index contributed by atoms with van der Waals surface area (Å²) in [7, 11) is 0. The highest BCUT2D eigenvalue weighted by molar-refractivity contribution is 7.00. The largest absolute Gasteiger partial charge is 0.311 e. The SMILES string of the molecule is [2H]c1c([2H])c([2H])c2c(c1[2H])c1c([2H])c([2H])c([2H])c([2H])c1n2-c1ccc2c(c1)N(c1ccc(C#N)c(-n3c4ccccc4c4c(-c5ccccc5)cccc43)c1)c1cc(-n3c4c([2H])c([2H])c([2H])c([2H])c4c4c([2H])c([2H])c([2H])c([2H])c43)cc3c1B2c1ccc(-n2c4ccc(C(C)(C)C)cc4c4cc(C(C)(C)C)ccc42)cc1N3c1cc(-c2ccccc2)cc(-c2ccccc2)c1. The van der Waals surface area contributed by atoms with Crippen molar-refractivity contribution in [2.45, 2.75) is 52.4 Å². The summed E-state index contributed by atoms with van der Waals surface area (Å²) in [5.41, 5.74) is 17.3. The molecule has 0 fully saturated rings. The predicted octanol–water partition coefficient (Wildman–Crippen LogP) is 25.6. The van der Waals surface area contributed by atoms with Crippen LogP contribution in [0.2, 0.25) is 0 Å². The second-order valence-electron chi connectivity index (χ2n) is 31.6. The monoisotopic (exact) mass is 1460 g/mol. The number of fused-ring (bicyclic) bond motifs is 16. The third-order valence-electron chi connectivity index (χ3n) is 23.1. The van der Waals surface area contributed by atoms with Gasteiger partial charge in [0.25, 0.3) is 6.71 Å². The van der Waals surface area contributed by atoms with Crippen molar-refractivity contribution in [1.29, 1.82) is 5.26 Å². The maximum atomic E-state index is 11.8. The minimum absolute atomic E-state index is 0.120. The summed E-state index contributed by atoms with van der Waals surface area (Å²) in [6, 6.07) is 79.5. The number of nitriles is 1. The van der Waals surface area contributed by atoms with Crippen LogP contribution in [-0.2, 0) is 10.8 Å². The average Bonchev–Trinajstić information content (AvgIpc) is 1.19. The molecule has 7 nitrogen and oxygen atoms in total. The van der Waals surface area contributed by atoms with E-state index in [9.17, 15) is 24.5 Å². The van der Waals surface area contributed by atoms with E-state index in [1.807, 2.05) is 132 Å². The first kappa shape index (κ1) is 51.3. The second-order valence-corrected chi connectivity index (χ2v) is 31.6. The fraction of sp³-hybridized carbons (Fsp3) is 0.0762. The van der Waals surface area contributed by atoms with E-state index in [1.54, 1.807) is 6.07 Å². The van der Waals surface area contributed by atoms with E-state index in [4.69, 9.17) is 2.74 Å². The molecule has 0 radical (unpaired) electrons. The molecular weight excluding hydrogens is 1370 g/mol. The maximum absolute atomic E-state index is 11.8. The average molecular weight is 1460 g/mol. The summed E-state index contributed by atoms with van der Waals surface area (Å²) in [5.74, 6) is 0. The Balaban J connectivity index is 0.941. The molecule has 6 heterocycles. The van der Waals surface area contributed by atoms with Crippen LogP contribution >= 0.6 is 0 Å². The zero-order chi connectivity index (χ0) is 89.6. The topological polar surface area (TPSA) is 50.0 Å². The van der Waals surface area contributed by atoms with Gasteiger partial charge in [-0.15, -0.1) is 0 Å². The van der Waals surface area contributed by atoms with Gasteiger partial charge in [-0.2, -0.15) is 5.26 Å². The molecule has 0 aliphatic carbocycles. The van der Waals surface area contributed by atoms with Crippen LogP contribution < -0.4 is 26.2 Å². The number of rotatable bonds is 9. The van der Waals surface area contributed by atoms with Crippen LogP contribution in [-0.4, -0.2) is 25.0 Å². The molecule has 22 rings (SSSR count). The van der Waals surface area contributed by atoms with E-state index in [0.29, 0.717) is 50.7 Å². The zero-order valence-corrected chi connectivity index (χ0v) is 62.5. The lowest BCUT2D eigenvalue weighted by molar-refractivity contribution is 0.590. The quantitative estimate of drug-likeness (QED) is 0.135. The van der Waals surface area contributed by atoms with Crippen molar-refractivity contribution >= 4 is 144 Å². The molecule has 0 bridgehead atoms. The molecule has 0 saturated heterocycles. The van der Waals surface area contributed by atoms with Gasteiger partial charge < -0.3 is 28.1 Å². The van der Waals surface area contributed by atoms with Gasteiger partial charge in [-0.1, -0.05) is 260 Å². The van der Waals surface area contributed by atoms with Gasteiger partial charge in [-0.25, -0.2) is 0 Å². The van der Waals surface area contributed by atoms with Crippen molar-refractivity contribution in [3.05, 3.63) is 368 Å². The van der Waals surface area contributed by atoms with Gasteiger partial charge in [0.1, 0.15) is 6.07 Å². The molecule has 0 unspecified atom stereocenters. The van der Waals surface area contributed by atoms with Crippen molar-refractivity contribution in [1.82, 2.24) is 18.3 Å². The lowest BCUT2D eigenvalue weighted by atomic mass is 9.33. The lowest BCUT2D eigenvalue weighted by Gasteiger charge is -2.45. The van der Waals surface area contributed by atoms with E-state index in [-0.39, 0.29) is 71.4 Å². The van der Waals surface area contributed by atoms with Crippen LogP contribution in [0.15, 0.2) is 351 Å². The zero-order valence-electron chi connectivity index (χ0n) is 78.5. The smallest absolute Gasteiger partial charge is 0.252 e. The Hall–Kier alpha value is -14.1. The Kier molecular flexibility index (Phi) is 11.3. The standard InChI is InChI=1S/C105H76BN7/c1-104(2,3)72-46-53-94-85(58-72)86-59-73(105(4,5)6)47-54-95(86)109(94)76-50-52-88-99(62-76)112(77-56-70(66-27-10-7-11-28-66)55-71(57-77)67-29-12-8-13-30-67)101-64-78(111-91-41-23-18-35-82(91)83-36-19-24-42-92(83)111)63-100-103(101)106(88)87-51-49-75(108-89-39-21-16-33-80(89)81-34-17-22-40-90(81)108)61-98(87)110(100)74-48-45-69(65-107)97(60-74)113-93-43-25-20-37-84(93)102-79(38-26-44-96(102)113)68-31-14-9-15-32-68/h7-64H,1-6H3/i16D,17D,18D,19D,21D,22D,23D,24D,33D,34D,35D,36D,39D,40D,41D,42D. The molecule has 0 amide bonds. The number of para-hydroxylation sites is 5. The molecule has 20 aromatic rings. The third kappa shape index (κ3) is 10.1. The molecule has 16 aromatic carbocycles. The molecule has 4 aromatic heterocycles. The second kappa shape index (κ2) is 24.9. The number of nitrogens with zero attached hydrogens (tertiary/aromatic N) is 7. The fourth-order valence-electron chi connectivity index (χ4n) is 17.9. The van der Waals surface area contributed by atoms with E-state index >= 15 is 0 Å². The van der Waals surface area contributed by atoms with Gasteiger partial charge >= 0.3 is 0 Å². The van der Waals surface area contributed by atoms with Crippen molar-refractivity contribution < 1.29 is 21.9 Å². The van der Waals surface area contributed by atoms with Gasteiger partial charge in [-0.05, 0) is 205 Å². The van der Waals surface area contributed by atoms with Crippen LogP contribution in [0.1, 0.15) is 80.2 Å². The highest BCUT2D eigenvalue weighted by Gasteiger charge is 2.45. The van der Waals surface area contributed by atoms with Crippen LogP contribution in [0.25, 0.3) is 143 Å². The number of hydrogen-bond acceptors (Lipinski definition) is 3. The van der Waals surface area contributed by atoms with Crippen LogP contribution in [0.5, 0.6) is 0 Å². The van der Waals surface area contributed by atoms with Crippen LogP contribution in [0, 0.1) is 11.3 Å². The normalized spacial score (nSPS) is 14.8. The minimum Gasteiger partial charge on any atom is -0.311 e. The third-order valence-corrected chi connectivity index (χ3v) is 23.1. The van der Waals surface area contributed by atoms with E-state index in [2.05, 4.69) is 183 Å². The Labute approximate surface area is 679 Å². The first-order valence-corrected chi connectivity index (χ1v) is 38.0. The number of aromatic nitrogens is 4. The van der Waals surface area contributed by atoms with Gasteiger partial charge in [0, 0.05) is 88.6 Å². The van der Waals surface area contributed by atoms with E-state index in [1.165, 1.54) is 9.13 Å². The van der Waals surface area contributed by atoms with Gasteiger partial charge in [-0.3, -0.25) is 0 Å². The Morgan fingerprint density at radius 2 is 0.708 bits per heavy atom. The Morgan fingerprint density at radius 3 is 1.21 bits per heavy atom. The molecule has 0 spiro atoms. The van der Waals surface area contributed by atoms with Crippen molar-refractivity contribution in [2.24, 2.45) is 0 Å². The van der Waals surface area contributed by atoms with Crippen molar-refractivity contribution in [3.63, 3.8) is 0 Å². The number of hydrogen-bond donors (Lipinski definition) is 0. The van der Waals surface area contributed by atoms with E-state index < -0.39 is 103 Å². The summed E-state index contributed by atoms with van der Waals surface area (Å²) >= 11 is 0. The maximum Gasteiger partial charge on any atom is 0.252 e. The summed E-state index contributed by atoms with van der Waals surface area (Å²) in [4.78, 5) is 4.27. The fourth-order valence-corrected chi connectivity index (χ4v) is 17.9. The summed E-state index contributed by atoms with van der Waals surface area (Å²) in [5, 5.41) is 15.2. The highest BCUT2D eigenvalue weighted by Crippen LogP contribution is 2.51. The van der Waals surface area contributed by atoms with Crippen molar-refractivity contribution in [3.8, 4) is 62.2 Å². The van der Waals surface area contributed by atoms with Gasteiger partial charge in [0.05, 0.1) is 83.0 Å². The molecule has 2 aliphatic heterocycles. The lowest BCUT2D eigenvalue weighted by Crippen LogP contribution is -2.61. The first-order chi connectivity index (χ1) is 61.9. The number of benzene rings is 16. The van der Waals surface area contributed by atoms with Crippen LogP contribution in [0.4, 0.5) is 34.1 Å². The minimum atomic E-state index is -0.843. The molecule has 8 heteroatoms. The molecule has 0 N–H and O–H groups in total. The molecule has 534 valence electrons. The molecule has 113 heavy (non-hydrogen) atoms. The van der Waals surface area contributed by atoms with Gasteiger partial charge in [0.2, 0.25) is 0 Å². The van der Waals surface area contributed by atoms with Crippen LogP contribution in [0.3, 0.4) is 0 Å². The van der Waals surface area contributed by atoms with E-state index in [0.717, 1.165) is 99.3 Å². The summed E-state index contributed by atoms with van der Waals surface area (Å²) in [6.07, 6.45) is 0. The Bertz CT molecular complexity index is 8170.